The van der Waals surface area contributed by atoms with Crippen LogP contribution in [0.15, 0.2) is 0 Å². The minimum Gasteiger partial charge on any atom is -0.318 e. The zero-order valence-corrected chi connectivity index (χ0v) is 12.8. The molecule has 3 heteroatoms. The Hall–Kier alpha value is -0.120. The lowest BCUT2D eigenvalue weighted by molar-refractivity contribution is 0.0244. The van der Waals surface area contributed by atoms with Crippen LogP contribution in [0.25, 0.3) is 0 Å². The molecule has 0 radical (unpaired) electrons. The molecule has 1 unspecified atom stereocenters. The van der Waals surface area contributed by atoms with Crippen molar-refractivity contribution in [3.05, 3.63) is 0 Å². The SMILES string of the molecule is CNCC1CN(C(C)(C)C)C(C)(C)CCN1C. The molecule has 1 aliphatic rings. The van der Waals surface area contributed by atoms with Gasteiger partial charge in [-0.25, -0.2) is 0 Å². The van der Waals surface area contributed by atoms with Crippen LogP contribution in [-0.2, 0) is 0 Å². The van der Waals surface area contributed by atoms with Gasteiger partial charge in [0.05, 0.1) is 0 Å². The molecule has 1 aliphatic heterocycles. The number of likely N-dealkylation sites (N-methyl/N-ethyl adjacent to an activating group) is 2. The van der Waals surface area contributed by atoms with Gasteiger partial charge in [-0.1, -0.05) is 0 Å². The fraction of sp³-hybridized carbons (Fsp3) is 1.00. The topological polar surface area (TPSA) is 18.5 Å². The number of hydrogen-bond donors (Lipinski definition) is 1. The molecule has 1 heterocycles. The van der Waals surface area contributed by atoms with E-state index in [2.05, 4.69) is 56.8 Å². The highest BCUT2D eigenvalue weighted by Gasteiger charge is 2.39. The first-order chi connectivity index (χ1) is 7.68. The zero-order chi connectivity index (χ0) is 13.3. The average Bonchev–Trinajstić information content (AvgIpc) is 2.28. The first-order valence-corrected chi connectivity index (χ1v) is 6.81. The van der Waals surface area contributed by atoms with Crippen molar-refractivity contribution in [1.29, 1.82) is 0 Å². The third kappa shape index (κ3) is 3.67. The van der Waals surface area contributed by atoms with Crippen LogP contribution in [0.5, 0.6) is 0 Å². The Balaban J connectivity index is 2.91. The first kappa shape index (κ1) is 14.9. The number of rotatable bonds is 2. The molecule has 0 aliphatic carbocycles. The molecule has 1 N–H and O–H groups in total. The zero-order valence-electron chi connectivity index (χ0n) is 12.8. The molecular formula is C14H31N3. The molecule has 0 spiro atoms. The van der Waals surface area contributed by atoms with Gasteiger partial charge in [0.15, 0.2) is 0 Å². The van der Waals surface area contributed by atoms with Crippen molar-refractivity contribution in [2.75, 3.05) is 33.7 Å². The van der Waals surface area contributed by atoms with Crippen LogP contribution in [0, 0.1) is 0 Å². The average molecular weight is 241 g/mol. The van der Waals surface area contributed by atoms with Crippen LogP contribution in [0.4, 0.5) is 0 Å². The standard InChI is InChI=1S/C14H31N3/c1-13(2,3)17-11-12(10-15-6)16(7)9-8-14(17,4)5/h12,15H,8-11H2,1-7H3. The maximum Gasteiger partial charge on any atom is 0.0345 e. The Morgan fingerprint density at radius 2 is 1.88 bits per heavy atom. The van der Waals surface area contributed by atoms with Crippen molar-refractivity contribution >= 4 is 0 Å². The predicted molar refractivity (Wildman–Crippen MR) is 75.5 cm³/mol. The van der Waals surface area contributed by atoms with E-state index in [-0.39, 0.29) is 11.1 Å². The fourth-order valence-corrected chi connectivity index (χ4v) is 3.00. The maximum absolute atomic E-state index is 3.33. The van der Waals surface area contributed by atoms with Gasteiger partial charge in [-0.15, -0.1) is 0 Å². The quantitative estimate of drug-likeness (QED) is 0.795. The molecule has 0 amide bonds. The van der Waals surface area contributed by atoms with Crippen LogP contribution < -0.4 is 5.32 Å². The molecular weight excluding hydrogens is 210 g/mol. The summed E-state index contributed by atoms with van der Waals surface area (Å²) < 4.78 is 0. The molecule has 17 heavy (non-hydrogen) atoms. The molecule has 102 valence electrons. The minimum atomic E-state index is 0.237. The molecule has 1 rings (SSSR count). The summed E-state index contributed by atoms with van der Waals surface area (Å²) in [6.45, 7) is 15.2. The largest absolute Gasteiger partial charge is 0.318 e. The van der Waals surface area contributed by atoms with Crippen LogP contribution >= 0.6 is 0 Å². The second-order valence-corrected chi connectivity index (χ2v) is 7.04. The fourth-order valence-electron chi connectivity index (χ4n) is 3.00. The van der Waals surface area contributed by atoms with Crippen molar-refractivity contribution < 1.29 is 0 Å². The lowest BCUT2D eigenvalue weighted by Crippen LogP contribution is -2.56. The molecule has 0 saturated carbocycles. The van der Waals surface area contributed by atoms with Crippen LogP contribution in [-0.4, -0.2) is 60.6 Å². The smallest absolute Gasteiger partial charge is 0.0345 e. The predicted octanol–water partition coefficient (Wildman–Crippen LogP) is 1.79. The normalized spacial score (nSPS) is 28.1. The Morgan fingerprint density at radius 1 is 1.29 bits per heavy atom. The van der Waals surface area contributed by atoms with Crippen molar-refractivity contribution in [2.24, 2.45) is 0 Å². The van der Waals surface area contributed by atoms with E-state index in [9.17, 15) is 0 Å². The van der Waals surface area contributed by atoms with Gasteiger partial charge in [0, 0.05) is 30.2 Å². The van der Waals surface area contributed by atoms with Gasteiger partial charge >= 0.3 is 0 Å². The highest BCUT2D eigenvalue weighted by molar-refractivity contribution is 4.96. The van der Waals surface area contributed by atoms with E-state index < -0.39 is 0 Å². The highest BCUT2D eigenvalue weighted by Crippen LogP contribution is 2.31. The second kappa shape index (κ2) is 5.25. The molecule has 1 saturated heterocycles. The van der Waals surface area contributed by atoms with Crippen LogP contribution in [0.2, 0.25) is 0 Å². The summed E-state index contributed by atoms with van der Waals surface area (Å²) in [6, 6.07) is 0.612. The van der Waals surface area contributed by atoms with E-state index in [4.69, 9.17) is 0 Å². The molecule has 0 aromatic carbocycles. The summed E-state index contributed by atoms with van der Waals surface area (Å²) in [4.78, 5) is 5.18. The number of hydrogen-bond acceptors (Lipinski definition) is 3. The van der Waals surface area contributed by atoms with Gasteiger partial charge in [0.25, 0.3) is 0 Å². The van der Waals surface area contributed by atoms with Crippen LogP contribution in [0.1, 0.15) is 41.0 Å². The molecule has 0 bridgehead atoms. The summed E-state index contributed by atoms with van der Waals surface area (Å²) in [5.74, 6) is 0. The van der Waals surface area contributed by atoms with E-state index in [1.54, 1.807) is 0 Å². The summed E-state index contributed by atoms with van der Waals surface area (Å²) in [7, 11) is 4.30. The third-order valence-corrected chi connectivity index (χ3v) is 4.07. The number of nitrogens with one attached hydrogen (secondary N) is 1. The highest BCUT2D eigenvalue weighted by atomic mass is 15.3. The van der Waals surface area contributed by atoms with Gasteiger partial charge in [-0.2, -0.15) is 0 Å². The third-order valence-electron chi connectivity index (χ3n) is 4.07. The lowest BCUT2D eigenvalue weighted by atomic mass is 9.92. The van der Waals surface area contributed by atoms with Crippen LogP contribution in [0.3, 0.4) is 0 Å². The van der Waals surface area contributed by atoms with Crippen molar-refractivity contribution in [3.8, 4) is 0 Å². The Labute approximate surface area is 108 Å². The minimum absolute atomic E-state index is 0.237. The Kier molecular flexibility index (Phi) is 4.61. The lowest BCUT2D eigenvalue weighted by Gasteiger charge is -2.47. The van der Waals surface area contributed by atoms with Gasteiger partial charge in [-0.3, -0.25) is 4.90 Å². The summed E-state index contributed by atoms with van der Waals surface area (Å²) in [5, 5.41) is 3.33. The second-order valence-electron chi connectivity index (χ2n) is 7.04. The monoisotopic (exact) mass is 241 g/mol. The summed E-state index contributed by atoms with van der Waals surface area (Å²) in [6.07, 6.45) is 1.24. The molecule has 1 atom stereocenters. The van der Waals surface area contributed by atoms with Crippen molar-refractivity contribution in [1.82, 2.24) is 15.1 Å². The summed E-state index contributed by atoms with van der Waals surface area (Å²) in [5.41, 5.74) is 0.523. The van der Waals surface area contributed by atoms with E-state index in [1.165, 1.54) is 13.0 Å². The Bertz CT molecular complexity index is 242. The number of nitrogens with zero attached hydrogens (tertiary/aromatic N) is 2. The summed E-state index contributed by atoms with van der Waals surface area (Å²) >= 11 is 0. The van der Waals surface area contributed by atoms with Gasteiger partial charge in [-0.05, 0) is 61.7 Å². The van der Waals surface area contributed by atoms with Crippen molar-refractivity contribution in [2.45, 2.75) is 58.2 Å². The molecule has 0 aromatic heterocycles. The van der Waals surface area contributed by atoms with E-state index in [0.29, 0.717) is 6.04 Å². The van der Waals surface area contributed by atoms with Gasteiger partial charge in [0.2, 0.25) is 0 Å². The molecule has 0 aromatic rings. The molecule has 3 nitrogen and oxygen atoms in total. The van der Waals surface area contributed by atoms with Gasteiger partial charge < -0.3 is 10.2 Å². The maximum atomic E-state index is 3.33. The Morgan fingerprint density at radius 3 is 2.35 bits per heavy atom. The van der Waals surface area contributed by atoms with E-state index >= 15 is 0 Å². The van der Waals surface area contributed by atoms with E-state index in [0.717, 1.165) is 13.1 Å². The first-order valence-electron chi connectivity index (χ1n) is 6.81. The van der Waals surface area contributed by atoms with E-state index in [1.807, 2.05) is 7.05 Å². The molecule has 1 fully saturated rings. The van der Waals surface area contributed by atoms with Crippen molar-refractivity contribution in [3.63, 3.8) is 0 Å². The van der Waals surface area contributed by atoms with Gasteiger partial charge in [0.1, 0.15) is 0 Å².